The number of nitrogens with zero attached hydrogens (tertiary/aromatic N) is 1. The second kappa shape index (κ2) is 4.41. The number of aryl methyl sites for hydroxylation is 1. The molecule has 0 aliphatic carbocycles. The quantitative estimate of drug-likeness (QED) is 0.838. The fourth-order valence-corrected chi connectivity index (χ4v) is 1.62. The first kappa shape index (κ1) is 10.8. The van der Waals surface area contributed by atoms with Crippen molar-refractivity contribution in [1.29, 1.82) is 0 Å². The summed E-state index contributed by atoms with van der Waals surface area (Å²) in [6.07, 6.45) is 3.55. The number of benzene rings is 1. The van der Waals surface area contributed by atoms with Gasteiger partial charge in [-0.1, -0.05) is 6.07 Å². The second-order valence-electron chi connectivity index (χ2n) is 3.76. The molecule has 1 heterocycles. The van der Waals surface area contributed by atoms with E-state index in [0.29, 0.717) is 5.56 Å². The first-order valence-corrected chi connectivity index (χ1v) is 5.11. The highest BCUT2D eigenvalue weighted by atomic mass is 19.1. The van der Waals surface area contributed by atoms with Crippen molar-refractivity contribution in [3.05, 3.63) is 53.6 Å². The number of aromatic nitrogens is 1. The van der Waals surface area contributed by atoms with Gasteiger partial charge in [0.2, 0.25) is 0 Å². The predicted octanol–water partition coefficient (Wildman–Crippen LogP) is 2.65. The summed E-state index contributed by atoms with van der Waals surface area (Å²) in [5, 5.41) is 0. The van der Waals surface area contributed by atoms with Crippen molar-refractivity contribution < 1.29 is 4.39 Å². The molecular weight excluding hydrogens is 203 g/mol. The van der Waals surface area contributed by atoms with Crippen molar-refractivity contribution in [1.82, 2.24) is 4.98 Å². The highest BCUT2D eigenvalue weighted by Gasteiger charge is 2.04. The summed E-state index contributed by atoms with van der Waals surface area (Å²) in [6.45, 7) is 2.18. The molecule has 0 radical (unpaired) electrons. The number of hydrogen-bond acceptors (Lipinski definition) is 2. The summed E-state index contributed by atoms with van der Waals surface area (Å²) >= 11 is 0. The third-order valence-corrected chi connectivity index (χ3v) is 2.47. The van der Waals surface area contributed by atoms with E-state index in [-0.39, 0.29) is 12.4 Å². The van der Waals surface area contributed by atoms with Gasteiger partial charge in [0, 0.05) is 30.1 Å². The Morgan fingerprint density at radius 3 is 2.69 bits per heavy atom. The fraction of sp³-hybridized carbons (Fsp3) is 0.154. The third kappa shape index (κ3) is 2.09. The lowest BCUT2D eigenvalue weighted by molar-refractivity contribution is 0.611. The summed E-state index contributed by atoms with van der Waals surface area (Å²) in [4.78, 5) is 4.11. The third-order valence-electron chi connectivity index (χ3n) is 2.47. The van der Waals surface area contributed by atoms with Gasteiger partial charge in [0.05, 0.1) is 0 Å². The van der Waals surface area contributed by atoms with E-state index in [1.807, 2.05) is 13.0 Å². The Morgan fingerprint density at radius 2 is 2.00 bits per heavy atom. The topological polar surface area (TPSA) is 38.9 Å². The van der Waals surface area contributed by atoms with Gasteiger partial charge in [-0.3, -0.25) is 4.98 Å². The van der Waals surface area contributed by atoms with E-state index in [1.165, 1.54) is 6.07 Å². The molecule has 0 fully saturated rings. The minimum atomic E-state index is -0.258. The molecule has 0 amide bonds. The van der Waals surface area contributed by atoms with E-state index >= 15 is 0 Å². The molecule has 3 heteroatoms. The number of rotatable bonds is 2. The van der Waals surface area contributed by atoms with E-state index < -0.39 is 0 Å². The van der Waals surface area contributed by atoms with Crippen LogP contribution >= 0.6 is 0 Å². The minimum absolute atomic E-state index is 0.207. The molecule has 2 nitrogen and oxygen atoms in total. The number of pyridine rings is 1. The fourth-order valence-electron chi connectivity index (χ4n) is 1.62. The molecule has 2 N–H and O–H groups in total. The molecule has 0 spiro atoms. The lowest BCUT2D eigenvalue weighted by atomic mass is 10.0. The van der Waals surface area contributed by atoms with Gasteiger partial charge >= 0.3 is 0 Å². The molecule has 2 rings (SSSR count). The van der Waals surface area contributed by atoms with Gasteiger partial charge in [-0.2, -0.15) is 0 Å². The zero-order valence-corrected chi connectivity index (χ0v) is 9.07. The average Bonchev–Trinajstić information content (AvgIpc) is 2.29. The Balaban J connectivity index is 2.48. The van der Waals surface area contributed by atoms with Crippen LogP contribution in [0.3, 0.4) is 0 Å². The maximum atomic E-state index is 13.3. The largest absolute Gasteiger partial charge is 0.326 e. The molecular formula is C13H13FN2. The summed E-state index contributed by atoms with van der Waals surface area (Å²) in [6, 6.07) is 6.97. The van der Waals surface area contributed by atoms with Crippen LogP contribution in [0.15, 0.2) is 36.7 Å². The van der Waals surface area contributed by atoms with Crippen molar-refractivity contribution in [2.75, 3.05) is 0 Å². The van der Waals surface area contributed by atoms with Crippen LogP contribution in [0.5, 0.6) is 0 Å². The SMILES string of the molecule is Cc1cncc(-c2ccc(F)c(CN)c2)c1. The Labute approximate surface area is 93.9 Å². The van der Waals surface area contributed by atoms with Crippen molar-refractivity contribution in [3.8, 4) is 11.1 Å². The lowest BCUT2D eigenvalue weighted by Gasteiger charge is -2.05. The Kier molecular flexibility index (Phi) is 2.97. The summed E-state index contributed by atoms with van der Waals surface area (Å²) in [5.74, 6) is -0.258. The highest BCUT2D eigenvalue weighted by Crippen LogP contribution is 2.21. The second-order valence-corrected chi connectivity index (χ2v) is 3.76. The van der Waals surface area contributed by atoms with Gasteiger partial charge in [0.1, 0.15) is 5.82 Å². The summed E-state index contributed by atoms with van der Waals surface area (Å²) in [7, 11) is 0. The standard InChI is InChI=1S/C13H13FN2/c1-9-4-12(8-16-7-9)10-2-3-13(14)11(5-10)6-15/h2-5,7-8H,6,15H2,1H3. The average molecular weight is 216 g/mol. The van der Waals surface area contributed by atoms with Gasteiger partial charge < -0.3 is 5.73 Å². The molecule has 0 saturated heterocycles. The molecule has 1 aromatic heterocycles. The summed E-state index contributed by atoms with van der Waals surface area (Å²) in [5.41, 5.74) is 9.00. The van der Waals surface area contributed by atoms with Crippen LogP contribution in [0.2, 0.25) is 0 Å². The number of nitrogens with two attached hydrogens (primary N) is 1. The van der Waals surface area contributed by atoms with Crippen LogP contribution in [0.25, 0.3) is 11.1 Å². The zero-order chi connectivity index (χ0) is 11.5. The maximum Gasteiger partial charge on any atom is 0.127 e. The number of halogens is 1. The van der Waals surface area contributed by atoms with Gasteiger partial charge in [-0.15, -0.1) is 0 Å². The molecule has 0 aliphatic heterocycles. The Hall–Kier alpha value is -1.74. The van der Waals surface area contributed by atoms with Crippen molar-refractivity contribution in [2.45, 2.75) is 13.5 Å². The van der Waals surface area contributed by atoms with E-state index in [2.05, 4.69) is 4.98 Å². The maximum absolute atomic E-state index is 13.3. The molecule has 0 saturated carbocycles. The van der Waals surface area contributed by atoms with Crippen LogP contribution < -0.4 is 5.73 Å². The predicted molar refractivity (Wildman–Crippen MR) is 62.3 cm³/mol. The Morgan fingerprint density at radius 1 is 1.19 bits per heavy atom. The van der Waals surface area contributed by atoms with Crippen LogP contribution in [0.4, 0.5) is 4.39 Å². The smallest absolute Gasteiger partial charge is 0.127 e. The summed E-state index contributed by atoms with van der Waals surface area (Å²) < 4.78 is 13.3. The minimum Gasteiger partial charge on any atom is -0.326 e. The molecule has 0 unspecified atom stereocenters. The van der Waals surface area contributed by atoms with Crippen molar-refractivity contribution in [2.24, 2.45) is 5.73 Å². The van der Waals surface area contributed by atoms with Crippen LogP contribution in [0.1, 0.15) is 11.1 Å². The van der Waals surface area contributed by atoms with E-state index in [1.54, 1.807) is 24.5 Å². The van der Waals surface area contributed by atoms with E-state index in [9.17, 15) is 4.39 Å². The van der Waals surface area contributed by atoms with Gasteiger partial charge in [0.25, 0.3) is 0 Å². The molecule has 1 aromatic carbocycles. The van der Waals surface area contributed by atoms with Crippen LogP contribution in [0, 0.1) is 12.7 Å². The monoisotopic (exact) mass is 216 g/mol. The van der Waals surface area contributed by atoms with Crippen LogP contribution in [-0.2, 0) is 6.54 Å². The zero-order valence-electron chi connectivity index (χ0n) is 9.07. The molecule has 0 aliphatic rings. The molecule has 82 valence electrons. The number of hydrogen-bond donors (Lipinski definition) is 1. The van der Waals surface area contributed by atoms with Crippen molar-refractivity contribution >= 4 is 0 Å². The molecule has 0 atom stereocenters. The van der Waals surface area contributed by atoms with E-state index in [0.717, 1.165) is 16.7 Å². The molecule has 16 heavy (non-hydrogen) atoms. The first-order chi connectivity index (χ1) is 7.70. The lowest BCUT2D eigenvalue weighted by Crippen LogP contribution is -1.99. The molecule has 0 bridgehead atoms. The van der Waals surface area contributed by atoms with Crippen molar-refractivity contribution in [3.63, 3.8) is 0 Å². The first-order valence-electron chi connectivity index (χ1n) is 5.11. The normalized spacial score (nSPS) is 10.4. The van der Waals surface area contributed by atoms with Gasteiger partial charge in [-0.25, -0.2) is 4.39 Å². The van der Waals surface area contributed by atoms with Gasteiger partial charge in [0.15, 0.2) is 0 Å². The van der Waals surface area contributed by atoms with Gasteiger partial charge in [-0.05, 0) is 36.2 Å². The Bertz CT molecular complexity index is 509. The highest BCUT2D eigenvalue weighted by molar-refractivity contribution is 5.63. The molecule has 2 aromatic rings. The van der Waals surface area contributed by atoms with Crippen LogP contribution in [-0.4, -0.2) is 4.98 Å². The van der Waals surface area contributed by atoms with E-state index in [4.69, 9.17) is 5.73 Å².